The summed E-state index contributed by atoms with van der Waals surface area (Å²) in [6.07, 6.45) is 0.682. The van der Waals surface area contributed by atoms with E-state index in [1.165, 1.54) is 0 Å². The number of nitrogens with one attached hydrogen (secondary N) is 1. The Labute approximate surface area is 171 Å². The predicted octanol–water partition coefficient (Wildman–Crippen LogP) is 3.16. The highest BCUT2D eigenvalue weighted by Gasteiger charge is 2.27. The molecule has 0 aliphatic heterocycles. The number of nitrogens with zero attached hydrogens (tertiary/aromatic N) is 2. The third-order valence-corrected chi connectivity index (χ3v) is 4.08. The van der Waals surface area contributed by atoms with Gasteiger partial charge in [-0.3, -0.25) is 4.79 Å². The lowest BCUT2D eigenvalue weighted by atomic mass is 10.0. The minimum absolute atomic E-state index is 0.140. The highest BCUT2D eigenvalue weighted by molar-refractivity contribution is 5.99. The third kappa shape index (κ3) is 6.58. The van der Waals surface area contributed by atoms with Gasteiger partial charge in [-0.15, -0.1) is 0 Å². The second kappa shape index (κ2) is 10.6. The van der Waals surface area contributed by atoms with Crippen LogP contribution < -0.4 is 10.1 Å². The number of para-hydroxylation sites is 1. The Morgan fingerprint density at radius 2 is 1.90 bits per heavy atom. The molecule has 0 radical (unpaired) electrons. The van der Waals surface area contributed by atoms with Crippen molar-refractivity contribution in [3.8, 4) is 5.75 Å². The topological polar surface area (TPSA) is 104 Å². The predicted molar refractivity (Wildman–Crippen MR) is 106 cm³/mol. The fourth-order valence-corrected chi connectivity index (χ4v) is 2.67. The van der Waals surface area contributed by atoms with Crippen LogP contribution in [0.15, 0.2) is 28.8 Å². The van der Waals surface area contributed by atoms with Gasteiger partial charge in [0.05, 0.1) is 12.2 Å². The molecule has 8 heteroatoms. The van der Waals surface area contributed by atoms with Crippen LogP contribution in [-0.2, 0) is 22.6 Å². The molecule has 1 aromatic carbocycles. The van der Waals surface area contributed by atoms with Crippen molar-refractivity contribution < 1.29 is 23.6 Å². The minimum atomic E-state index is -0.824. The first-order valence-electron chi connectivity index (χ1n) is 9.82. The second-order valence-electron chi connectivity index (χ2n) is 7.43. The summed E-state index contributed by atoms with van der Waals surface area (Å²) in [6.45, 7) is 9.89. The molecule has 29 heavy (non-hydrogen) atoms. The van der Waals surface area contributed by atoms with Gasteiger partial charge in [-0.1, -0.05) is 45.0 Å². The highest BCUT2D eigenvalue weighted by Crippen LogP contribution is 2.18. The van der Waals surface area contributed by atoms with Crippen LogP contribution in [-0.4, -0.2) is 34.7 Å². The van der Waals surface area contributed by atoms with Gasteiger partial charge in [0.2, 0.25) is 0 Å². The van der Waals surface area contributed by atoms with Gasteiger partial charge >= 0.3 is 5.97 Å². The first-order valence-corrected chi connectivity index (χ1v) is 9.82. The van der Waals surface area contributed by atoms with E-state index < -0.39 is 17.9 Å². The molecule has 2 rings (SSSR count). The Morgan fingerprint density at radius 3 is 2.55 bits per heavy atom. The molecule has 0 fully saturated rings. The molecule has 1 amide bonds. The maximum atomic E-state index is 12.7. The van der Waals surface area contributed by atoms with Crippen molar-refractivity contribution in [1.29, 1.82) is 0 Å². The number of amides is 1. The zero-order chi connectivity index (χ0) is 21.4. The van der Waals surface area contributed by atoms with Crippen molar-refractivity contribution in [2.24, 2.45) is 11.8 Å². The fraction of sp³-hybridized carbons (Fsp3) is 0.524. The molecule has 0 aliphatic carbocycles. The van der Waals surface area contributed by atoms with Gasteiger partial charge in [-0.05, 0) is 30.9 Å². The van der Waals surface area contributed by atoms with E-state index in [9.17, 15) is 9.59 Å². The number of benzene rings is 1. The smallest absolute Gasteiger partial charge is 0.329 e. The summed E-state index contributed by atoms with van der Waals surface area (Å²) in [5.41, 5.74) is 0.364. The molecule has 8 nitrogen and oxygen atoms in total. The summed E-state index contributed by atoms with van der Waals surface area (Å²) < 4.78 is 15.9. The zero-order valence-electron chi connectivity index (χ0n) is 17.6. The fourth-order valence-electron chi connectivity index (χ4n) is 2.67. The molecule has 2 aromatic rings. The molecule has 0 unspecified atom stereocenters. The molecule has 0 saturated carbocycles. The van der Waals surface area contributed by atoms with Crippen molar-refractivity contribution in [3.63, 3.8) is 0 Å². The van der Waals surface area contributed by atoms with Crippen LogP contribution in [0, 0.1) is 11.8 Å². The number of carbonyl (C=O) groups is 2. The number of carbonyl (C=O) groups excluding carboxylic acids is 2. The maximum absolute atomic E-state index is 12.7. The van der Waals surface area contributed by atoms with Crippen molar-refractivity contribution in [1.82, 2.24) is 15.5 Å². The molecular weight excluding hydrogens is 374 g/mol. The van der Waals surface area contributed by atoms with Crippen LogP contribution in [0.1, 0.15) is 56.7 Å². The molecule has 158 valence electrons. The lowest BCUT2D eigenvalue weighted by Gasteiger charge is -2.21. The molecule has 1 atom stereocenters. The lowest BCUT2D eigenvalue weighted by Crippen LogP contribution is -2.45. The Kier molecular flexibility index (Phi) is 8.18. The number of ether oxygens (including phenoxy) is 2. The van der Waals surface area contributed by atoms with Gasteiger partial charge in [0, 0.05) is 6.42 Å². The summed E-state index contributed by atoms with van der Waals surface area (Å²) in [5.74, 6) is 0.518. The van der Waals surface area contributed by atoms with Crippen LogP contribution in [0.4, 0.5) is 0 Å². The standard InChI is InChI=1S/C21H29N3O5/c1-6-27-16-10-8-7-9-15(16)20(25)23-19(14(4)5)21(26)28-12-18-22-17(24-29-18)11-13(2)3/h7-10,13-14,19H,6,11-12H2,1-5H3,(H,23,25)/t19-/m0/s1. The Bertz CT molecular complexity index is 816. The zero-order valence-corrected chi connectivity index (χ0v) is 17.6. The van der Waals surface area contributed by atoms with Crippen molar-refractivity contribution in [2.75, 3.05) is 6.61 Å². The first-order chi connectivity index (χ1) is 13.8. The molecule has 1 N–H and O–H groups in total. The van der Waals surface area contributed by atoms with Gasteiger partial charge in [0.25, 0.3) is 11.8 Å². The Morgan fingerprint density at radius 1 is 1.17 bits per heavy atom. The Hall–Kier alpha value is -2.90. The van der Waals surface area contributed by atoms with Gasteiger partial charge < -0.3 is 19.3 Å². The highest BCUT2D eigenvalue weighted by atomic mass is 16.6. The molecule has 0 spiro atoms. The van der Waals surface area contributed by atoms with Crippen molar-refractivity contribution in [3.05, 3.63) is 41.5 Å². The number of hydrogen-bond acceptors (Lipinski definition) is 7. The third-order valence-electron chi connectivity index (χ3n) is 4.08. The lowest BCUT2D eigenvalue weighted by molar-refractivity contribution is -0.149. The average molecular weight is 403 g/mol. The van der Waals surface area contributed by atoms with Gasteiger partial charge in [-0.25, -0.2) is 4.79 Å². The molecule has 0 bridgehead atoms. The second-order valence-corrected chi connectivity index (χ2v) is 7.43. The summed E-state index contributed by atoms with van der Waals surface area (Å²) in [6, 6.07) is 6.07. The monoisotopic (exact) mass is 403 g/mol. The summed E-state index contributed by atoms with van der Waals surface area (Å²) >= 11 is 0. The minimum Gasteiger partial charge on any atom is -0.493 e. The number of hydrogen-bond donors (Lipinski definition) is 1. The van der Waals surface area contributed by atoms with E-state index in [2.05, 4.69) is 29.3 Å². The molecule has 1 heterocycles. The average Bonchev–Trinajstić information content (AvgIpc) is 3.11. The quantitative estimate of drug-likeness (QED) is 0.608. The first kappa shape index (κ1) is 22.4. The van der Waals surface area contributed by atoms with Gasteiger partial charge in [0.15, 0.2) is 12.4 Å². The molecule has 1 aromatic heterocycles. The normalized spacial score (nSPS) is 12.1. The van der Waals surface area contributed by atoms with Gasteiger partial charge in [0.1, 0.15) is 11.8 Å². The summed E-state index contributed by atoms with van der Waals surface area (Å²) in [5, 5.41) is 6.61. The summed E-state index contributed by atoms with van der Waals surface area (Å²) in [7, 11) is 0. The van der Waals surface area contributed by atoms with E-state index in [0.29, 0.717) is 36.1 Å². The summed E-state index contributed by atoms with van der Waals surface area (Å²) in [4.78, 5) is 29.5. The van der Waals surface area contributed by atoms with E-state index >= 15 is 0 Å². The Balaban J connectivity index is 2.00. The van der Waals surface area contributed by atoms with Crippen molar-refractivity contribution in [2.45, 2.75) is 53.7 Å². The van der Waals surface area contributed by atoms with E-state index in [1.54, 1.807) is 24.3 Å². The number of aromatic nitrogens is 2. The van der Waals surface area contributed by atoms with Crippen LogP contribution in [0.2, 0.25) is 0 Å². The van der Waals surface area contributed by atoms with E-state index in [-0.39, 0.29) is 18.4 Å². The maximum Gasteiger partial charge on any atom is 0.329 e. The largest absolute Gasteiger partial charge is 0.493 e. The van der Waals surface area contributed by atoms with Gasteiger partial charge in [-0.2, -0.15) is 4.98 Å². The van der Waals surface area contributed by atoms with Crippen LogP contribution in [0.3, 0.4) is 0 Å². The van der Waals surface area contributed by atoms with E-state index in [0.717, 1.165) is 0 Å². The molecule has 0 saturated heterocycles. The number of rotatable bonds is 10. The van der Waals surface area contributed by atoms with Crippen molar-refractivity contribution >= 4 is 11.9 Å². The number of esters is 1. The van der Waals surface area contributed by atoms with E-state index in [1.807, 2.05) is 20.8 Å². The van der Waals surface area contributed by atoms with Crippen LogP contribution >= 0.6 is 0 Å². The van der Waals surface area contributed by atoms with E-state index in [4.69, 9.17) is 14.0 Å². The van der Waals surface area contributed by atoms with Crippen LogP contribution in [0.5, 0.6) is 5.75 Å². The SMILES string of the molecule is CCOc1ccccc1C(=O)N[C@H](C(=O)OCc1nc(CC(C)C)no1)C(C)C. The van der Waals surface area contributed by atoms with Crippen LogP contribution in [0.25, 0.3) is 0 Å². The molecule has 0 aliphatic rings. The molecular formula is C21H29N3O5.